The minimum absolute atomic E-state index is 0.0363. The van der Waals surface area contributed by atoms with Crippen LogP contribution < -0.4 is 14.4 Å². The first-order valence-electron chi connectivity index (χ1n) is 12.1. The molecular formula is C28H28ClFN2O5S. The number of nitrogens with zero attached hydrogens (tertiary/aromatic N) is 1. The SMILES string of the molecule is CC(=O)N[C@H](C)C(=O)CC[C@H]1CN(S(=O)(=O)c2cccc(C)c2)c2cc(-c3cccc(F)c3Cl)ccc2O1. The number of sulfonamides is 1. The molecular weight excluding hydrogens is 531 g/mol. The Bertz CT molecular complexity index is 1490. The molecule has 0 saturated carbocycles. The molecule has 2 atom stereocenters. The van der Waals surface area contributed by atoms with Gasteiger partial charge in [0.15, 0.2) is 5.78 Å². The maximum Gasteiger partial charge on any atom is 0.264 e. The second-order valence-electron chi connectivity index (χ2n) is 9.30. The van der Waals surface area contributed by atoms with Crippen molar-refractivity contribution in [3.8, 4) is 16.9 Å². The Balaban J connectivity index is 1.71. The highest BCUT2D eigenvalue weighted by Crippen LogP contribution is 2.42. The predicted octanol–water partition coefficient (Wildman–Crippen LogP) is 5.28. The van der Waals surface area contributed by atoms with Crippen LogP contribution in [-0.4, -0.2) is 38.8 Å². The van der Waals surface area contributed by atoms with E-state index in [1.807, 2.05) is 0 Å². The monoisotopic (exact) mass is 558 g/mol. The number of benzene rings is 3. The van der Waals surface area contributed by atoms with E-state index in [9.17, 15) is 22.4 Å². The molecule has 4 rings (SSSR count). The molecule has 10 heteroatoms. The molecule has 1 N–H and O–H groups in total. The lowest BCUT2D eigenvalue weighted by molar-refractivity contribution is -0.126. The molecule has 0 fully saturated rings. The van der Waals surface area contributed by atoms with Crippen LogP contribution in [0, 0.1) is 12.7 Å². The van der Waals surface area contributed by atoms with Crippen LogP contribution in [0.4, 0.5) is 10.1 Å². The highest BCUT2D eigenvalue weighted by molar-refractivity contribution is 7.92. The molecule has 0 spiro atoms. The Hall–Kier alpha value is -3.43. The fraction of sp³-hybridized carbons (Fsp3) is 0.286. The molecule has 3 aromatic rings. The lowest BCUT2D eigenvalue weighted by atomic mass is 10.0. The van der Waals surface area contributed by atoms with Crippen molar-refractivity contribution in [2.75, 3.05) is 10.8 Å². The molecule has 0 radical (unpaired) electrons. The number of Topliss-reactive ketones (excluding diaryl/α,β-unsaturated/α-hetero) is 1. The number of rotatable bonds is 8. The normalized spacial score (nSPS) is 15.8. The van der Waals surface area contributed by atoms with Gasteiger partial charge >= 0.3 is 0 Å². The highest BCUT2D eigenvalue weighted by atomic mass is 35.5. The maximum absolute atomic E-state index is 14.1. The first-order chi connectivity index (χ1) is 18.0. The fourth-order valence-corrected chi connectivity index (χ4v) is 6.23. The van der Waals surface area contributed by atoms with E-state index < -0.39 is 28.0 Å². The van der Waals surface area contributed by atoms with Gasteiger partial charge in [-0.15, -0.1) is 0 Å². The van der Waals surface area contributed by atoms with Crippen molar-refractivity contribution in [3.05, 3.63) is 77.1 Å². The second kappa shape index (κ2) is 11.1. The Labute approximate surface area is 226 Å². The van der Waals surface area contributed by atoms with Crippen LogP contribution in [0.2, 0.25) is 5.02 Å². The van der Waals surface area contributed by atoms with Gasteiger partial charge in [0.1, 0.15) is 17.7 Å². The van der Waals surface area contributed by atoms with Crippen molar-refractivity contribution in [1.29, 1.82) is 0 Å². The van der Waals surface area contributed by atoms with Crippen molar-refractivity contribution in [2.45, 2.75) is 50.7 Å². The van der Waals surface area contributed by atoms with Gasteiger partial charge in [-0.1, -0.05) is 41.9 Å². The van der Waals surface area contributed by atoms with Gasteiger partial charge < -0.3 is 10.1 Å². The van der Waals surface area contributed by atoms with Crippen LogP contribution in [0.1, 0.15) is 32.3 Å². The number of aryl methyl sites for hydroxylation is 1. The van der Waals surface area contributed by atoms with Crippen LogP contribution in [0.25, 0.3) is 11.1 Å². The zero-order chi connectivity index (χ0) is 27.6. The number of carbonyl (C=O) groups excluding carboxylic acids is 2. The van der Waals surface area contributed by atoms with Gasteiger partial charge in [-0.05, 0) is 61.7 Å². The van der Waals surface area contributed by atoms with E-state index in [2.05, 4.69) is 5.32 Å². The van der Waals surface area contributed by atoms with Gasteiger partial charge in [-0.25, -0.2) is 12.8 Å². The van der Waals surface area contributed by atoms with E-state index in [4.69, 9.17) is 16.3 Å². The average Bonchev–Trinajstić information content (AvgIpc) is 2.87. The predicted molar refractivity (Wildman–Crippen MR) is 144 cm³/mol. The van der Waals surface area contributed by atoms with Crippen molar-refractivity contribution < 1.29 is 27.1 Å². The molecule has 7 nitrogen and oxygen atoms in total. The summed E-state index contributed by atoms with van der Waals surface area (Å²) < 4.78 is 49.2. The lowest BCUT2D eigenvalue weighted by Crippen LogP contribution is -2.44. The standard InChI is InChI=1S/C28H28ClFN2O5S/c1-17-6-4-7-22(14-17)38(35,36)32-16-21(11-12-26(34)18(2)31-19(3)33)37-27-13-10-20(15-25(27)32)23-8-5-9-24(30)28(23)29/h4-10,13-15,18,21H,11-12,16H2,1-3H3,(H,31,33)/t18-,21+/m1/s1. The topological polar surface area (TPSA) is 92.8 Å². The molecule has 0 aliphatic carbocycles. The fourth-order valence-electron chi connectivity index (χ4n) is 4.39. The third-order valence-corrected chi connectivity index (χ3v) is 8.51. The van der Waals surface area contributed by atoms with Gasteiger partial charge in [0.05, 0.1) is 28.2 Å². The van der Waals surface area contributed by atoms with Crippen LogP contribution in [0.3, 0.4) is 0 Å². The van der Waals surface area contributed by atoms with E-state index in [0.29, 0.717) is 22.6 Å². The first kappa shape index (κ1) is 27.6. The van der Waals surface area contributed by atoms with Crippen LogP contribution in [0.15, 0.2) is 65.6 Å². The summed E-state index contributed by atoms with van der Waals surface area (Å²) in [4.78, 5) is 23.9. The number of halogens is 2. The van der Waals surface area contributed by atoms with Crippen LogP contribution in [-0.2, 0) is 19.6 Å². The number of anilines is 1. The number of nitrogens with one attached hydrogen (secondary N) is 1. The van der Waals surface area contributed by atoms with Crippen molar-refractivity contribution >= 4 is 39.0 Å². The summed E-state index contributed by atoms with van der Waals surface area (Å²) in [7, 11) is -4.01. The summed E-state index contributed by atoms with van der Waals surface area (Å²) in [6.07, 6.45) is -0.268. The van der Waals surface area contributed by atoms with E-state index in [-0.39, 0.29) is 41.0 Å². The minimum Gasteiger partial charge on any atom is -0.486 e. The molecule has 0 bridgehead atoms. The summed E-state index contributed by atoms with van der Waals surface area (Å²) in [5.41, 5.74) is 2.02. The van der Waals surface area contributed by atoms with Gasteiger partial charge in [-0.3, -0.25) is 13.9 Å². The van der Waals surface area contributed by atoms with Crippen molar-refractivity contribution in [2.24, 2.45) is 0 Å². The summed E-state index contributed by atoms with van der Waals surface area (Å²) >= 11 is 6.21. The van der Waals surface area contributed by atoms with Gasteiger partial charge in [0.2, 0.25) is 5.91 Å². The Morgan fingerprint density at radius 1 is 1.16 bits per heavy atom. The molecule has 1 aliphatic heterocycles. The third-order valence-electron chi connectivity index (χ3n) is 6.35. The summed E-state index contributed by atoms with van der Waals surface area (Å²) in [5.74, 6) is -0.756. The van der Waals surface area contributed by atoms with E-state index >= 15 is 0 Å². The van der Waals surface area contributed by atoms with Crippen molar-refractivity contribution in [1.82, 2.24) is 5.32 Å². The smallest absolute Gasteiger partial charge is 0.264 e. The minimum atomic E-state index is -4.01. The number of carbonyl (C=O) groups is 2. The summed E-state index contributed by atoms with van der Waals surface area (Å²) in [6.45, 7) is 4.71. The van der Waals surface area contributed by atoms with Crippen molar-refractivity contribution in [3.63, 3.8) is 0 Å². The number of ether oxygens (including phenoxy) is 1. The molecule has 0 saturated heterocycles. The Morgan fingerprint density at radius 3 is 2.61 bits per heavy atom. The Kier molecular flexibility index (Phi) is 8.08. The van der Waals surface area contributed by atoms with E-state index in [0.717, 1.165) is 5.56 Å². The molecule has 1 heterocycles. The second-order valence-corrected chi connectivity index (χ2v) is 11.5. The van der Waals surface area contributed by atoms with Gasteiger partial charge in [0, 0.05) is 18.9 Å². The Morgan fingerprint density at radius 2 is 1.89 bits per heavy atom. The molecule has 1 aliphatic rings. The molecule has 1 amide bonds. The molecule has 0 unspecified atom stereocenters. The largest absolute Gasteiger partial charge is 0.486 e. The number of amides is 1. The number of hydrogen-bond donors (Lipinski definition) is 1. The zero-order valence-corrected chi connectivity index (χ0v) is 22.8. The van der Waals surface area contributed by atoms with Crippen LogP contribution >= 0.6 is 11.6 Å². The highest BCUT2D eigenvalue weighted by Gasteiger charge is 2.35. The summed E-state index contributed by atoms with van der Waals surface area (Å²) in [5, 5.41) is 2.50. The van der Waals surface area contributed by atoms with Gasteiger partial charge in [0.25, 0.3) is 10.0 Å². The van der Waals surface area contributed by atoms with Crippen LogP contribution in [0.5, 0.6) is 5.75 Å². The van der Waals surface area contributed by atoms with E-state index in [1.54, 1.807) is 56.3 Å². The average molecular weight is 559 g/mol. The first-order valence-corrected chi connectivity index (χ1v) is 13.9. The number of ketones is 1. The van der Waals surface area contributed by atoms with Gasteiger partial charge in [-0.2, -0.15) is 0 Å². The molecule has 38 heavy (non-hydrogen) atoms. The van der Waals surface area contributed by atoms with E-state index in [1.165, 1.54) is 29.4 Å². The molecule has 0 aromatic heterocycles. The molecule has 200 valence electrons. The summed E-state index contributed by atoms with van der Waals surface area (Å²) in [6, 6.07) is 15.3. The maximum atomic E-state index is 14.1. The number of fused-ring (bicyclic) bond motifs is 1. The lowest BCUT2D eigenvalue weighted by Gasteiger charge is -2.36. The molecule has 3 aromatic carbocycles. The quantitative estimate of drug-likeness (QED) is 0.406. The zero-order valence-electron chi connectivity index (χ0n) is 21.2. The third kappa shape index (κ3) is 5.84. The number of hydrogen-bond acceptors (Lipinski definition) is 5.